The highest BCUT2D eigenvalue weighted by atomic mass is 16.3. The summed E-state index contributed by atoms with van der Waals surface area (Å²) in [5, 5.41) is 34.4. The topological polar surface area (TPSA) is 60.7 Å². The highest BCUT2D eigenvalue weighted by Gasteiger charge is 2.27. The Hall–Kier alpha value is -5.58. The highest BCUT2D eigenvalue weighted by Crippen LogP contribution is 2.38. The molecule has 3 unspecified atom stereocenters. The third-order valence-corrected chi connectivity index (χ3v) is 10.3. The molecular weight excluding hydrogens is 625 g/mol. The lowest BCUT2D eigenvalue weighted by molar-refractivity contribution is 0.102. The molecule has 0 heterocycles. The third-order valence-electron chi connectivity index (χ3n) is 10.3. The standard InChI is InChI=1S/C48H42O3/c1-46(49,40-13-7-4-8-14-40)43-25-19-34(20-26-43)37-31-38(35-21-27-44(28-22-35)47(2,50)41-15-9-5-10-16-41)33-39(32-37)36-23-29-45(30-24-36)48(3,51)42-17-11-6-12-18-42/h4-33,49-51H,1-3H3. The zero-order valence-electron chi connectivity index (χ0n) is 29.2. The largest absolute Gasteiger partial charge is 0.381 e. The third kappa shape index (κ3) is 6.80. The molecule has 0 aliphatic heterocycles. The smallest absolute Gasteiger partial charge is 0.112 e. The molecule has 3 N–H and O–H groups in total. The van der Waals surface area contributed by atoms with Crippen molar-refractivity contribution >= 4 is 0 Å². The first-order chi connectivity index (χ1) is 24.5. The quantitative estimate of drug-likeness (QED) is 0.144. The fourth-order valence-corrected chi connectivity index (χ4v) is 6.88. The van der Waals surface area contributed by atoms with Gasteiger partial charge in [0.2, 0.25) is 0 Å². The summed E-state index contributed by atoms with van der Waals surface area (Å²) in [6.45, 7) is 5.48. The average molecular weight is 667 g/mol. The monoisotopic (exact) mass is 666 g/mol. The van der Waals surface area contributed by atoms with Crippen LogP contribution in [0.4, 0.5) is 0 Å². The summed E-state index contributed by atoms with van der Waals surface area (Å²) in [6.07, 6.45) is 0. The van der Waals surface area contributed by atoms with Gasteiger partial charge in [-0.1, -0.05) is 164 Å². The summed E-state index contributed by atoms with van der Waals surface area (Å²) < 4.78 is 0. The Balaban J connectivity index is 1.28. The molecule has 3 heteroatoms. The van der Waals surface area contributed by atoms with Crippen LogP contribution in [0.25, 0.3) is 33.4 Å². The molecule has 252 valence electrons. The number of benzene rings is 7. The lowest BCUT2D eigenvalue weighted by Gasteiger charge is -2.25. The zero-order chi connectivity index (χ0) is 35.6. The lowest BCUT2D eigenvalue weighted by atomic mass is 9.85. The van der Waals surface area contributed by atoms with Gasteiger partial charge in [0, 0.05) is 0 Å². The van der Waals surface area contributed by atoms with Crippen LogP contribution in [0.15, 0.2) is 182 Å². The van der Waals surface area contributed by atoms with E-state index in [9.17, 15) is 15.3 Å². The van der Waals surface area contributed by atoms with Gasteiger partial charge in [0.15, 0.2) is 0 Å². The van der Waals surface area contributed by atoms with E-state index in [1.807, 2.05) is 148 Å². The molecule has 0 aromatic heterocycles. The number of aliphatic hydroxyl groups is 3. The molecule has 0 spiro atoms. The SMILES string of the molecule is CC(O)(c1ccccc1)c1ccc(-c2cc(-c3ccc(C(C)(O)c4ccccc4)cc3)cc(-c3ccc(C(C)(O)c4ccccc4)cc3)c2)cc1. The second kappa shape index (κ2) is 13.6. The van der Waals surface area contributed by atoms with Crippen LogP contribution >= 0.6 is 0 Å². The van der Waals surface area contributed by atoms with E-state index in [-0.39, 0.29) is 0 Å². The van der Waals surface area contributed by atoms with Crippen molar-refractivity contribution < 1.29 is 15.3 Å². The summed E-state index contributed by atoms with van der Waals surface area (Å²) in [5.74, 6) is 0. The molecule has 7 aromatic rings. The fourth-order valence-electron chi connectivity index (χ4n) is 6.88. The Morgan fingerprint density at radius 3 is 0.667 bits per heavy atom. The van der Waals surface area contributed by atoms with E-state index in [1.54, 1.807) is 0 Å². The van der Waals surface area contributed by atoms with Crippen molar-refractivity contribution in [1.82, 2.24) is 0 Å². The molecule has 0 radical (unpaired) electrons. The van der Waals surface area contributed by atoms with Gasteiger partial charge < -0.3 is 15.3 Å². The first kappa shape index (κ1) is 33.9. The van der Waals surface area contributed by atoms with Gasteiger partial charge in [-0.3, -0.25) is 0 Å². The van der Waals surface area contributed by atoms with Crippen molar-refractivity contribution in [3.05, 3.63) is 215 Å². The molecule has 0 aliphatic carbocycles. The molecule has 0 aliphatic rings. The van der Waals surface area contributed by atoms with E-state index >= 15 is 0 Å². The van der Waals surface area contributed by atoms with Crippen LogP contribution < -0.4 is 0 Å². The minimum Gasteiger partial charge on any atom is -0.381 e. The van der Waals surface area contributed by atoms with E-state index in [2.05, 4.69) is 54.6 Å². The van der Waals surface area contributed by atoms with Crippen molar-refractivity contribution in [2.24, 2.45) is 0 Å². The van der Waals surface area contributed by atoms with E-state index in [0.717, 1.165) is 66.8 Å². The molecule has 0 bridgehead atoms. The van der Waals surface area contributed by atoms with Crippen LogP contribution in [0.1, 0.15) is 54.2 Å². The second-order valence-corrected chi connectivity index (χ2v) is 13.8. The Bertz CT molecular complexity index is 1950. The van der Waals surface area contributed by atoms with Crippen LogP contribution in [0.2, 0.25) is 0 Å². The van der Waals surface area contributed by atoms with Gasteiger partial charge in [-0.2, -0.15) is 0 Å². The Morgan fingerprint density at radius 1 is 0.255 bits per heavy atom. The Kier molecular flexibility index (Phi) is 9.05. The molecule has 0 saturated heterocycles. The first-order valence-electron chi connectivity index (χ1n) is 17.3. The summed E-state index contributed by atoms with van der Waals surface area (Å²) in [7, 11) is 0. The van der Waals surface area contributed by atoms with Gasteiger partial charge in [-0.05, 0) is 106 Å². The van der Waals surface area contributed by atoms with Crippen molar-refractivity contribution in [2.75, 3.05) is 0 Å². The lowest BCUT2D eigenvalue weighted by Crippen LogP contribution is -2.22. The first-order valence-corrected chi connectivity index (χ1v) is 17.3. The van der Waals surface area contributed by atoms with E-state index in [0.29, 0.717) is 0 Å². The second-order valence-electron chi connectivity index (χ2n) is 13.8. The molecule has 0 fully saturated rings. The van der Waals surface area contributed by atoms with Crippen LogP contribution in [0.5, 0.6) is 0 Å². The molecule has 0 saturated carbocycles. The maximum atomic E-state index is 11.5. The Labute approximate surface area is 300 Å². The maximum Gasteiger partial charge on any atom is 0.112 e. The van der Waals surface area contributed by atoms with Crippen LogP contribution in [0.3, 0.4) is 0 Å². The van der Waals surface area contributed by atoms with Gasteiger partial charge in [0.05, 0.1) is 0 Å². The molecular formula is C48H42O3. The number of rotatable bonds is 9. The van der Waals surface area contributed by atoms with Gasteiger partial charge in [0.1, 0.15) is 16.8 Å². The summed E-state index contributed by atoms with van der Waals surface area (Å²) in [4.78, 5) is 0. The summed E-state index contributed by atoms with van der Waals surface area (Å²) in [6, 6.07) is 60.1. The summed E-state index contributed by atoms with van der Waals surface area (Å²) >= 11 is 0. The normalized spacial score (nSPS) is 14.9. The van der Waals surface area contributed by atoms with E-state index in [1.165, 1.54) is 0 Å². The highest BCUT2D eigenvalue weighted by molar-refractivity contribution is 5.81. The summed E-state index contributed by atoms with van der Waals surface area (Å²) in [5.41, 5.74) is 7.77. The molecule has 7 aromatic carbocycles. The molecule has 0 amide bonds. The molecule has 3 nitrogen and oxygen atoms in total. The minimum absolute atomic E-state index is 0.816. The molecule has 51 heavy (non-hydrogen) atoms. The molecule has 3 atom stereocenters. The van der Waals surface area contributed by atoms with Gasteiger partial charge >= 0.3 is 0 Å². The number of hydrogen-bond donors (Lipinski definition) is 3. The van der Waals surface area contributed by atoms with Crippen LogP contribution in [-0.4, -0.2) is 15.3 Å². The maximum absolute atomic E-state index is 11.5. The van der Waals surface area contributed by atoms with Crippen molar-refractivity contribution in [3.63, 3.8) is 0 Å². The van der Waals surface area contributed by atoms with Crippen molar-refractivity contribution in [3.8, 4) is 33.4 Å². The minimum atomic E-state index is -1.13. The Morgan fingerprint density at radius 2 is 0.451 bits per heavy atom. The fraction of sp³-hybridized carbons (Fsp3) is 0.125. The van der Waals surface area contributed by atoms with Crippen molar-refractivity contribution in [2.45, 2.75) is 37.6 Å². The number of hydrogen-bond acceptors (Lipinski definition) is 3. The van der Waals surface area contributed by atoms with Gasteiger partial charge in [0.25, 0.3) is 0 Å². The van der Waals surface area contributed by atoms with E-state index < -0.39 is 16.8 Å². The van der Waals surface area contributed by atoms with E-state index in [4.69, 9.17) is 0 Å². The van der Waals surface area contributed by atoms with Gasteiger partial charge in [-0.15, -0.1) is 0 Å². The predicted octanol–water partition coefficient (Wildman–Crippen LogP) is 10.5. The van der Waals surface area contributed by atoms with Crippen LogP contribution in [-0.2, 0) is 16.8 Å². The van der Waals surface area contributed by atoms with Crippen LogP contribution in [0, 0.1) is 0 Å². The van der Waals surface area contributed by atoms with Gasteiger partial charge in [-0.25, -0.2) is 0 Å². The molecule has 7 rings (SSSR count). The average Bonchev–Trinajstić information content (AvgIpc) is 3.19. The van der Waals surface area contributed by atoms with Crippen molar-refractivity contribution in [1.29, 1.82) is 0 Å². The zero-order valence-corrected chi connectivity index (χ0v) is 29.2. The predicted molar refractivity (Wildman–Crippen MR) is 208 cm³/mol.